The van der Waals surface area contributed by atoms with Gasteiger partial charge in [-0.1, -0.05) is 25.8 Å². The van der Waals surface area contributed by atoms with Crippen LogP contribution in [0.5, 0.6) is 5.75 Å². The minimum absolute atomic E-state index is 0.144. The fourth-order valence-electron chi connectivity index (χ4n) is 3.82. The van der Waals surface area contributed by atoms with Crippen LogP contribution in [0.1, 0.15) is 49.1 Å². The molecule has 1 fully saturated rings. The summed E-state index contributed by atoms with van der Waals surface area (Å²) in [5.74, 6) is -0.615. The van der Waals surface area contributed by atoms with Crippen molar-refractivity contribution >= 4 is 28.8 Å². The number of thiophene rings is 1. The van der Waals surface area contributed by atoms with Gasteiger partial charge in [-0.3, -0.25) is 9.59 Å². The molecule has 1 amide bonds. The van der Waals surface area contributed by atoms with Gasteiger partial charge in [0, 0.05) is 17.0 Å². The van der Waals surface area contributed by atoms with E-state index in [9.17, 15) is 14.7 Å². The number of hydrogen-bond acceptors (Lipinski definition) is 6. The summed E-state index contributed by atoms with van der Waals surface area (Å²) in [6.07, 6.45) is 3.99. The Morgan fingerprint density at radius 1 is 1.12 bits per heavy atom. The van der Waals surface area contributed by atoms with Crippen molar-refractivity contribution in [3.05, 3.63) is 57.8 Å². The van der Waals surface area contributed by atoms with Gasteiger partial charge in [0.05, 0.1) is 18.2 Å². The quantitative estimate of drug-likeness (QED) is 0.230. The number of rotatable bonds is 11. The molecule has 0 spiro atoms. The van der Waals surface area contributed by atoms with Gasteiger partial charge in [-0.15, -0.1) is 11.3 Å². The number of ether oxygens (including phenoxy) is 1. The van der Waals surface area contributed by atoms with E-state index in [0.717, 1.165) is 42.9 Å². The molecule has 6 nitrogen and oxygen atoms in total. The average Bonchev–Trinajstić information content (AvgIpc) is 3.39. The number of amides is 1. The van der Waals surface area contributed by atoms with Crippen molar-refractivity contribution in [2.75, 3.05) is 33.8 Å². The first-order valence-corrected chi connectivity index (χ1v) is 12.0. The Balaban J connectivity index is 1.87. The molecule has 2 aromatic rings. The highest BCUT2D eigenvalue weighted by molar-refractivity contribution is 7.10. The number of aliphatic hydroxyl groups excluding tert-OH is 1. The largest absolute Gasteiger partial charge is 0.507 e. The number of carbonyl (C=O) groups excluding carboxylic acids is 2. The van der Waals surface area contributed by atoms with Crippen LogP contribution in [0.4, 0.5) is 0 Å². The van der Waals surface area contributed by atoms with E-state index in [1.807, 2.05) is 36.5 Å². The van der Waals surface area contributed by atoms with Crippen molar-refractivity contribution in [3.63, 3.8) is 0 Å². The van der Waals surface area contributed by atoms with Crippen molar-refractivity contribution < 1.29 is 19.4 Å². The summed E-state index contributed by atoms with van der Waals surface area (Å²) < 4.78 is 5.74. The predicted molar refractivity (Wildman–Crippen MR) is 128 cm³/mol. The fourth-order valence-corrected chi connectivity index (χ4v) is 4.66. The molecule has 172 valence electrons. The van der Waals surface area contributed by atoms with Gasteiger partial charge >= 0.3 is 0 Å². The monoisotopic (exact) mass is 456 g/mol. The number of benzene rings is 1. The maximum Gasteiger partial charge on any atom is 0.295 e. The Hall–Kier alpha value is -2.64. The second kappa shape index (κ2) is 11.3. The van der Waals surface area contributed by atoms with Gasteiger partial charge in [-0.05, 0) is 69.2 Å². The molecule has 1 unspecified atom stereocenters. The highest BCUT2D eigenvalue weighted by atomic mass is 32.1. The summed E-state index contributed by atoms with van der Waals surface area (Å²) in [7, 11) is 3.95. The van der Waals surface area contributed by atoms with Crippen LogP contribution in [-0.4, -0.2) is 60.4 Å². The molecule has 1 atom stereocenters. The molecule has 1 aromatic carbocycles. The zero-order valence-corrected chi connectivity index (χ0v) is 19.9. The van der Waals surface area contributed by atoms with Crippen LogP contribution in [0, 0.1) is 0 Å². The third-order valence-electron chi connectivity index (χ3n) is 5.50. The lowest BCUT2D eigenvalue weighted by molar-refractivity contribution is -0.139. The van der Waals surface area contributed by atoms with Crippen LogP contribution in [-0.2, 0) is 9.59 Å². The maximum atomic E-state index is 13.0. The molecule has 32 heavy (non-hydrogen) atoms. The van der Waals surface area contributed by atoms with Crippen molar-refractivity contribution in [1.82, 2.24) is 9.80 Å². The van der Waals surface area contributed by atoms with Crippen LogP contribution in [0.25, 0.3) is 5.76 Å². The van der Waals surface area contributed by atoms with Crippen molar-refractivity contribution in [2.45, 2.75) is 38.6 Å². The van der Waals surface area contributed by atoms with Crippen LogP contribution in [0.3, 0.4) is 0 Å². The molecule has 7 heteroatoms. The average molecular weight is 457 g/mol. The van der Waals surface area contributed by atoms with Gasteiger partial charge in [-0.2, -0.15) is 0 Å². The van der Waals surface area contributed by atoms with Crippen LogP contribution >= 0.6 is 11.3 Å². The van der Waals surface area contributed by atoms with Gasteiger partial charge in [0.25, 0.3) is 11.7 Å². The lowest BCUT2D eigenvalue weighted by Crippen LogP contribution is -2.32. The highest BCUT2D eigenvalue weighted by Crippen LogP contribution is 2.41. The minimum atomic E-state index is -0.634. The Morgan fingerprint density at radius 2 is 1.88 bits per heavy atom. The summed E-state index contributed by atoms with van der Waals surface area (Å²) in [6, 6.07) is 10.3. The van der Waals surface area contributed by atoms with E-state index in [2.05, 4.69) is 6.92 Å². The number of Topliss-reactive ketones (excluding diaryl/α,β-unsaturated/α-hetero) is 1. The number of unbranched alkanes of at least 4 members (excludes halogenated alkanes) is 2. The summed E-state index contributed by atoms with van der Waals surface area (Å²) in [6.45, 7) is 4.05. The number of aliphatic hydroxyl groups is 1. The Kier molecular flexibility index (Phi) is 8.47. The second-order valence-electron chi connectivity index (χ2n) is 8.24. The van der Waals surface area contributed by atoms with E-state index in [4.69, 9.17) is 4.74 Å². The molecular weight excluding hydrogens is 424 g/mol. The number of nitrogens with zero attached hydrogens (tertiary/aromatic N) is 2. The van der Waals surface area contributed by atoms with Gasteiger partial charge in [0.2, 0.25) is 0 Å². The van der Waals surface area contributed by atoms with Crippen LogP contribution < -0.4 is 4.74 Å². The first-order chi connectivity index (χ1) is 15.4. The van der Waals surface area contributed by atoms with Gasteiger partial charge in [0.15, 0.2) is 0 Å². The van der Waals surface area contributed by atoms with Crippen molar-refractivity contribution in [3.8, 4) is 5.75 Å². The summed E-state index contributed by atoms with van der Waals surface area (Å²) >= 11 is 1.48. The fraction of sp³-hybridized carbons (Fsp3) is 0.440. The summed E-state index contributed by atoms with van der Waals surface area (Å²) in [5.41, 5.74) is 0.651. The molecule has 3 rings (SSSR count). The van der Waals surface area contributed by atoms with Crippen LogP contribution in [0.15, 0.2) is 47.4 Å². The zero-order valence-electron chi connectivity index (χ0n) is 19.0. The molecule has 0 radical (unpaired) electrons. The standard InChI is InChI=1S/C25H32N2O4S/c1-4-5-6-16-31-19-12-10-18(11-13-19)23(28)21-22(20-9-7-17-32-20)27(25(30)24(21)29)15-8-14-26(2)3/h7,9-13,17,22,28H,4-6,8,14-16H2,1-3H3/b23-21-. The molecule has 1 aliphatic heterocycles. The molecule has 1 N–H and O–H groups in total. The minimum Gasteiger partial charge on any atom is -0.507 e. The summed E-state index contributed by atoms with van der Waals surface area (Å²) in [5, 5.41) is 13.0. The Labute approximate surface area is 194 Å². The predicted octanol–water partition coefficient (Wildman–Crippen LogP) is 4.69. The lowest BCUT2D eigenvalue weighted by Gasteiger charge is -2.24. The molecule has 1 saturated heterocycles. The van der Waals surface area contributed by atoms with E-state index in [1.54, 1.807) is 29.2 Å². The van der Waals surface area contributed by atoms with Gasteiger partial charge < -0.3 is 19.6 Å². The third-order valence-corrected chi connectivity index (χ3v) is 6.43. The number of ketones is 1. The molecule has 0 bridgehead atoms. The normalized spacial score (nSPS) is 18.0. The zero-order chi connectivity index (χ0) is 23.1. The molecule has 2 heterocycles. The molecule has 1 aliphatic rings. The third kappa shape index (κ3) is 5.58. The van der Waals surface area contributed by atoms with E-state index in [1.165, 1.54) is 11.3 Å². The first kappa shape index (κ1) is 24.0. The lowest BCUT2D eigenvalue weighted by atomic mass is 10.00. The van der Waals surface area contributed by atoms with E-state index >= 15 is 0 Å². The van der Waals surface area contributed by atoms with Gasteiger partial charge in [-0.25, -0.2) is 0 Å². The number of likely N-dealkylation sites (tertiary alicyclic amines) is 1. The number of hydrogen-bond donors (Lipinski definition) is 1. The van der Waals surface area contributed by atoms with Crippen LogP contribution in [0.2, 0.25) is 0 Å². The maximum absolute atomic E-state index is 13.0. The highest BCUT2D eigenvalue weighted by Gasteiger charge is 2.46. The summed E-state index contributed by atoms with van der Waals surface area (Å²) in [4.78, 5) is 30.3. The Bertz CT molecular complexity index is 935. The van der Waals surface area contributed by atoms with Crippen molar-refractivity contribution in [2.24, 2.45) is 0 Å². The smallest absolute Gasteiger partial charge is 0.295 e. The number of carbonyl (C=O) groups is 2. The van der Waals surface area contributed by atoms with E-state index < -0.39 is 17.7 Å². The molecule has 0 saturated carbocycles. The molecule has 0 aliphatic carbocycles. The molecular formula is C25H32N2O4S. The van der Waals surface area contributed by atoms with E-state index in [0.29, 0.717) is 18.7 Å². The SMILES string of the molecule is CCCCCOc1ccc(/C(O)=C2/C(=O)C(=O)N(CCCN(C)C)C2c2cccs2)cc1. The van der Waals surface area contributed by atoms with E-state index in [-0.39, 0.29) is 11.3 Å². The van der Waals surface area contributed by atoms with Crippen molar-refractivity contribution in [1.29, 1.82) is 0 Å². The Morgan fingerprint density at radius 3 is 2.50 bits per heavy atom. The first-order valence-electron chi connectivity index (χ1n) is 11.1. The van der Waals surface area contributed by atoms with Gasteiger partial charge in [0.1, 0.15) is 11.5 Å². The second-order valence-corrected chi connectivity index (χ2v) is 9.22. The molecule has 1 aromatic heterocycles. The topological polar surface area (TPSA) is 70.1 Å².